The van der Waals surface area contributed by atoms with Crippen molar-refractivity contribution in [1.82, 2.24) is 15.0 Å². The predicted octanol–water partition coefficient (Wildman–Crippen LogP) is 3.49. The first-order valence-corrected chi connectivity index (χ1v) is 8.17. The molecule has 132 valence electrons. The Kier molecular flexibility index (Phi) is 3.74. The monoisotopic (exact) mass is 359 g/mol. The molecule has 0 radical (unpaired) electrons. The lowest BCUT2D eigenvalue weighted by atomic mass is 9.98. The molecular weight excluding hydrogens is 345 g/mol. The lowest BCUT2D eigenvalue weighted by Crippen LogP contribution is -2.16. The summed E-state index contributed by atoms with van der Waals surface area (Å²) in [7, 11) is 0. The highest BCUT2D eigenvalue weighted by molar-refractivity contribution is 6.04. The third-order valence-corrected chi connectivity index (χ3v) is 4.38. The number of aromatic nitrogens is 3. The second kappa shape index (κ2) is 6.11. The highest BCUT2D eigenvalue weighted by Crippen LogP contribution is 2.39. The molecule has 2 aromatic heterocycles. The zero-order valence-electron chi connectivity index (χ0n) is 14.3. The molecule has 2 heterocycles. The van der Waals surface area contributed by atoms with Crippen molar-refractivity contribution in [2.75, 3.05) is 5.73 Å². The van der Waals surface area contributed by atoms with Crippen LogP contribution in [0.4, 0.5) is 10.3 Å². The van der Waals surface area contributed by atoms with Crippen LogP contribution < -0.4 is 11.3 Å². The number of nitrogens with zero attached hydrogens (tertiary/aromatic N) is 2. The maximum Gasteiger partial charge on any atom is 0.270 e. The molecule has 27 heavy (non-hydrogen) atoms. The van der Waals surface area contributed by atoms with Gasteiger partial charge in [0.2, 0.25) is 5.95 Å². The number of nitrogens with two attached hydrogens (primary N) is 1. The topological polar surface area (TPSA) is 111 Å². The fraction of sp³-hybridized carbons (Fsp3) is 0.0500. The minimum Gasteiger partial charge on any atom is -0.369 e. The Morgan fingerprint density at radius 3 is 2.74 bits per heavy atom. The summed E-state index contributed by atoms with van der Waals surface area (Å²) in [6.45, 7) is 1.86. The first-order chi connectivity index (χ1) is 13.0. The van der Waals surface area contributed by atoms with Crippen LogP contribution in [-0.2, 0) is 0 Å². The molecule has 7 heteroatoms. The molecule has 4 aromatic rings. The highest BCUT2D eigenvalue weighted by atomic mass is 19.1. The summed E-state index contributed by atoms with van der Waals surface area (Å²) in [5.74, 6) is -0.542. The first kappa shape index (κ1) is 16.5. The van der Waals surface area contributed by atoms with Crippen LogP contribution >= 0.6 is 0 Å². The molecule has 2 aromatic carbocycles. The maximum atomic E-state index is 14.6. The van der Waals surface area contributed by atoms with Crippen LogP contribution in [0.5, 0.6) is 0 Å². The number of rotatable bonds is 2. The quantitative estimate of drug-likeness (QED) is 0.508. The third-order valence-electron chi connectivity index (χ3n) is 4.38. The number of nitrogens with one attached hydrogen (secondary N) is 2. The van der Waals surface area contributed by atoms with Gasteiger partial charge in [0, 0.05) is 22.0 Å². The van der Waals surface area contributed by atoms with E-state index in [9.17, 15) is 14.4 Å². The summed E-state index contributed by atoms with van der Waals surface area (Å²) in [5.41, 5.74) is 7.84. The number of benzene rings is 2. The maximum absolute atomic E-state index is 14.6. The molecule has 4 rings (SSSR count). The van der Waals surface area contributed by atoms with Gasteiger partial charge < -0.3 is 10.7 Å². The molecule has 4 N–H and O–H groups in total. The number of hydrogen-bond donors (Lipinski definition) is 3. The predicted molar refractivity (Wildman–Crippen MR) is 101 cm³/mol. The van der Waals surface area contributed by atoms with Crippen LogP contribution in [0.25, 0.3) is 33.4 Å². The average Bonchev–Trinajstić information content (AvgIpc) is 3.02. The number of anilines is 1. The van der Waals surface area contributed by atoms with Crippen LogP contribution in [0.15, 0.2) is 47.3 Å². The lowest BCUT2D eigenvalue weighted by molar-refractivity contribution is 0.630. The van der Waals surface area contributed by atoms with E-state index in [1.807, 2.05) is 37.3 Å². The second-order valence-electron chi connectivity index (χ2n) is 6.19. The normalized spacial score (nSPS) is 10.9. The van der Waals surface area contributed by atoms with E-state index in [1.54, 1.807) is 12.1 Å². The molecule has 0 bridgehead atoms. The van der Waals surface area contributed by atoms with E-state index in [1.165, 1.54) is 6.07 Å². The van der Waals surface area contributed by atoms with Gasteiger partial charge in [-0.1, -0.05) is 29.8 Å². The van der Waals surface area contributed by atoms with Crippen molar-refractivity contribution in [3.63, 3.8) is 0 Å². The molecule has 0 saturated heterocycles. The van der Waals surface area contributed by atoms with Gasteiger partial charge in [0.05, 0.1) is 5.69 Å². The number of nitriles is 1. The van der Waals surface area contributed by atoms with Gasteiger partial charge in [-0.05, 0) is 25.1 Å². The van der Waals surface area contributed by atoms with Crippen molar-refractivity contribution in [2.45, 2.75) is 6.92 Å². The molecule has 0 saturated carbocycles. The summed E-state index contributed by atoms with van der Waals surface area (Å²) >= 11 is 0. The summed E-state index contributed by atoms with van der Waals surface area (Å²) in [5, 5.41) is 10.2. The Morgan fingerprint density at radius 1 is 1.19 bits per heavy atom. The van der Waals surface area contributed by atoms with E-state index in [-0.39, 0.29) is 17.2 Å². The van der Waals surface area contributed by atoms with Crippen molar-refractivity contribution in [1.29, 1.82) is 5.26 Å². The number of H-pyrrole nitrogens is 2. The Hall–Kier alpha value is -3.92. The molecule has 0 amide bonds. The van der Waals surface area contributed by atoms with Gasteiger partial charge in [-0.15, -0.1) is 0 Å². The van der Waals surface area contributed by atoms with Gasteiger partial charge in [0.1, 0.15) is 23.1 Å². The van der Waals surface area contributed by atoms with Crippen LogP contribution in [0.3, 0.4) is 0 Å². The number of hydrogen-bond acceptors (Lipinski definition) is 4. The minimum atomic E-state index is -0.638. The summed E-state index contributed by atoms with van der Waals surface area (Å²) in [6.07, 6.45) is 0. The van der Waals surface area contributed by atoms with Crippen LogP contribution in [-0.4, -0.2) is 15.0 Å². The molecule has 0 aliphatic rings. The van der Waals surface area contributed by atoms with Gasteiger partial charge in [0.25, 0.3) is 5.56 Å². The molecule has 0 aliphatic heterocycles. The summed E-state index contributed by atoms with van der Waals surface area (Å²) in [6, 6.07) is 13.9. The molecular formula is C20H14FN5O. The number of halogens is 1. The average molecular weight is 359 g/mol. The van der Waals surface area contributed by atoms with Crippen molar-refractivity contribution < 1.29 is 4.39 Å². The zero-order chi connectivity index (χ0) is 19.1. The molecule has 0 fully saturated rings. The van der Waals surface area contributed by atoms with E-state index >= 15 is 0 Å². The SMILES string of the molecule is Cc1ccc(F)c(-c2[nH]c3ccccc3c2-c2nc(N)[nH]c(=O)c2C#N)c1. The van der Waals surface area contributed by atoms with Crippen molar-refractivity contribution in [2.24, 2.45) is 0 Å². The summed E-state index contributed by atoms with van der Waals surface area (Å²) in [4.78, 5) is 21.9. The minimum absolute atomic E-state index is 0.116. The van der Waals surface area contributed by atoms with Crippen molar-refractivity contribution in [3.05, 3.63) is 69.8 Å². The van der Waals surface area contributed by atoms with E-state index in [0.717, 1.165) is 11.1 Å². The highest BCUT2D eigenvalue weighted by Gasteiger charge is 2.23. The molecule has 0 unspecified atom stereocenters. The van der Waals surface area contributed by atoms with E-state index in [2.05, 4.69) is 15.0 Å². The second-order valence-corrected chi connectivity index (χ2v) is 6.19. The van der Waals surface area contributed by atoms with Crippen LogP contribution in [0.2, 0.25) is 0 Å². The van der Waals surface area contributed by atoms with Crippen LogP contribution in [0.1, 0.15) is 11.1 Å². The zero-order valence-corrected chi connectivity index (χ0v) is 14.3. The van der Waals surface area contributed by atoms with Gasteiger partial charge >= 0.3 is 0 Å². The summed E-state index contributed by atoms with van der Waals surface area (Å²) < 4.78 is 14.6. The molecule has 0 aliphatic carbocycles. The van der Waals surface area contributed by atoms with Gasteiger partial charge in [0.15, 0.2) is 0 Å². The van der Waals surface area contributed by atoms with Crippen molar-refractivity contribution >= 4 is 16.9 Å². The Morgan fingerprint density at radius 2 is 1.96 bits per heavy atom. The lowest BCUT2D eigenvalue weighted by Gasteiger charge is -2.09. The number of aryl methyl sites for hydroxylation is 1. The Bertz CT molecular complexity index is 1300. The van der Waals surface area contributed by atoms with Gasteiger partial charge in [-0.3, -0.25) is 9.78 Å². The van der Waals surface area contributed by atoms with E-state index < -0.39 is 11.4 Å². The number of aromatic amines is 2. The molecule has 6 nitrogen and oxygen atoms in total. The molecule has 0 atom stereocenters. The third kappa shape index (κ3) is 2.64. The Balaban J connectivity index is 2.18. The number of nitrogen functional groups attached to an aromatic ring is 1. The smallest absolute Gasteiger partial charge is 0.270 e. The standard InChI is InChI=1S/C20H14FN5O/c1-10-6-7-14(21)12(8-10)17-16(11-4-2-3-5-15(11)24-17)18-13(9-22)19(27)26-20(23)25-18/h2-8,24H,1H3,(H3,23,25,26,27). The largest absolute Gasteiger partial charge is 0.369 e. The first-order valence-electron chi connectivity index (χ1n) is 8.17. The Labute approximate surface area is 153 Å². The van der Waals surface area contributed by atoms with Crippen LogP contribution in [0, 0.1) is 24.1 Å². The van der Waals surface area contributed by atoms with E-state index in [4.69, 9.17) is 5.73 Å². The van der Waals surface area contributed by atoms with E-state index in [0.29, 0.717) is 22.2 Å². The van der Waals surface area contributed by atoms with Gasteiger partial charge in [-0.25, -0.2) is 9.37 Å². The van der Waals surface area contributed by atoms with Crippen molar-refractivity contribution in [3.8, 4) is 28.6 Å². The number of fused-ring (bicyclic) bond motifs is 1. The fourth-order valence-corrected chi connectivity index (χ4v) is 3.20. The molecule has 0 spiro atoms. The fourth-order valence-electron chi connectivity index (χ4n) is 3.20. The van der Waals surface area contributed by atoms with Gasteiger partial charge in [-0.2, -0.15) is 5.26 Å². The number of para-hydroxylation sites is 1.